The lowest BCUT2D eigenvalue weighted by molar-refractivity contribution is -0.126. The van der Waals surface area contributed by atoms with Gasteiger partial charge in [-0.3, -0.25) is 4.79 Å². The van der Waals surface area contributed by atoms with Gasteiger partial charge in [0.1, 0.15) is 0 Å². The molecule has 0 saturated heterocycles. The standard InChI is InChI=1S/C22H26Cl2N2O3/c1-25(2)10-11-26(15-17-6-5-7-18(23)12-17)21(27)9-8-16-13-19(24)22(29-4)20(14-16)28-3/h5-9,12-14H,10-11,15H2,1-4H3. The first-order chi connectivity index (χ1) is 13.8. The average Bonchev–Trinajstić information content (AvgIpc) is 2.68. The molecule has 29 heavy (non-hydrogen) atoms. The fourth-order valence-electron chi connectivity index (χ4n) is 2.75. The summed E-state index contributed by atoms with van der Waals surface area (Å²) in [6.07, 6.45) is 3.26. The van der Waals surface area contributed by atoms with E-state index in [1.165, 1.54) is 13.2 Å². The molecular weight excluding hydrogens is 411 g/mol. The topological polar surface area (TPSA) is 42.0 Å². The van der Waals surface area contributed by atoms with Gasteiger partial charge in [-0.1, -0.05) is 35.3 Å². The predicted molar refractivity (Wildman–Crippen MR) is 119 cm³/mol. The Morgan fingerprint density at radius 1 is 1.07 bits per heavy atom. The van der Waals surface area contributed by atoms with Gasteiger partial charge < -0.3 is 19.3 Å². The summed E-state index contributed by atoms with van der Waals surface area (Å²) >= 11 is 12.3. The molecule has 0 aliphatic heterocycles. The molecule has 0 spiro atoms. The number of nitrogens with zero attached hydrogens (tertiary/aromatic N) is 2. The van der Waals surface area contributed by atoms with Gasteiger partial charge in [0.05, 0.1) is 19.2 Å². The summed E-state index contributed by atoms with van der Waals surface area (Å²) in [4.78, 5) is 16.7. The Labute approximate surface area is 182 Å². The van der Waals surface area contributed by atoms with Crippen molar-refractivity contribution in [3.05, 3.63) is 63.6 Å². The van der Waals surface area contributed by atoms with Crippen molar-refractivity contribution in [3.63, 3.8) is 0 Å². The third-order valence-corrected chi connectivity index (χ3v) is 4.78. The van der Waals surface area contributed by atoms with Gasteiger partial charge in [0, 0.05) is 30.7 Å². The molecule has 1 amide bonds. The number of carbonyl (C=O) groups is 1. The normalized spacial score (nSPS) is 11.1. The number of rotatable bonds is 9. The Morgan fingerprint density at radius 3 is 2.45 bits per heavy atom. The number of methoxy groups -OCH3 is 2. The number of hydrogen-bond acceptors (Lipinski definition) is 4. The largest absolute Gasteiger partial charge is 0.493 e. The number of halogens is 2. The second-order valence-electron chi connectivity index (χ2n) is 6.76. The van der Waals surface area contributed by atoms with Crippen molar-refractivity contribution < 1.29 is 14.3 Å². The van der Waals surface area contributed by atoms with Crippen LogP contribution in [0.1, 0.15) is 11.1 Å². The molecule has 156 valence electrons. The SMILES string of the molecule is COc1cc(C=CC(=O)N(CCN(C)C)Cc2cccc(Cl)c2)cc(Cl)c1OC. The molecule has 7 heteroatoms. The lowest BCUT2D eigenvalue weighted by atomic mass is 10.1. The Bertz CT molecular complexity index is 869. The molecule has 2 rings (SSSR count). The molecule has 0 radical (unpaired) electrons. The molecule has 0 saturated carbocycles. The highest BCUT2D eigenvalue weighted by molar-refractivity contribution is 6.32. The van der Waals surface area contributed by atoms with Crippen molar-refractivity contribution in [2.45, 2.75) is 6.54 Å². The second-order valence-corrected chi connectivity index (χ2v) is 7.61. The van der Waals surface area contributed by atoms with E-state index in [2.05, 4.69) is 0 Å². The molecule has 0 aromatic heterocycles. The van der Waals surface area contributed by atoms with Crippen LogP contribution in [0.4, 0.5) is 0 Å². The van der Waals surface area contributed by atoms with Crippen LogP contribution in [0, 0.1) is 0 Å². The van der Waals surface area contributed by atoms with Crippen molar-refractivity contribution in [2.24, 2.45) is 0 Å². The lowest BCUT2D eigenvalue weighted by Gasteiger charge is -2.23. The molecular formula is C22H26Cl2N2O3. The fourth-order valence-corrected chi connectivity index (χ4v) is 3.26. The van der Waals surface area contributed by atoms with Gasteiger partial charge in [-0.05, 0) is 55.6 Å². The minimum atomic E-state index is -0.0993. The van der Waals surface area contributed by atoms with E-state index in [0.29, 0.717) is 34.6 Å². The Kier molecular flexibility index (Phi) is 8.83. The summed E-state index contributed by atoms with van der Waals surface area (Å²) in [7, 11) is 7.02. The maximum absolute atomic E-state index is 12.9. The zero-order valence-electron chi connectivity index (χ0n) is 17.1. The van der Waals surface area contributed by atoms with Gasteiger partial charge in [-0.25, -0.2) is 0 Å². The molecule has 0 unspecified atom stereocenters. The molecule has 0 bridgehead atoms. The zero-order valence-corrected chi connectivity index (χ0v) is 18.6. The first-order valence-electron chi connectivity index (χ1n) is 9.11. The van der Waals surface area contributed by atoms with Crippen LogP contribution in [0.5, 0.6) is 11.5 Å². The van der Waals surface area contributed by atoms with E-state index in [9.17, 15) is 4.79 Å². The first kappa shape index (κ1) is 23.1. The highest BCUT2D eigenvalue weighted by atomic mass is 35.5. The van der Waals surface area contributed by atoms with Gasteiger partial charge in [-0.2, -0.15) is 0 Å². The molecule has 0 aliphatic rings. The van der Waals surface area contributed by atoms with Crippen molar-refractivity contribution in [3.8, 4) is 11.5 Å². The number of amides is 1. The van der Waals surface area contributed by atoms with E-state index >= 15 is 0 Å². The fraction of sp³-hybridized carbons (Fsp3) is 0.318. The summed E-state index contributed by atoms with van der Waals surface area (Å²) < 4.78 is 10.6. The molecule has 0 N–H and O–H groups in total. The van der Waals surface area contributed by atoms with E-state index in [0.717, 1.165) is 17.7 Å². The molecule has 2 aromatic rings. The first-order valence-corrected chi connectivity index (χ1v) is 9.87. The van der Waals surface area contributed by atoms with Gasteiger partial charge in [0.2, 0.25) is 5.91 Å². The van der Waals surface area contributed by atoms with Crippen LogP contribution in [-0.2, 0) is 11.3 Å². The third kappa shape index (κ3) is 6.96. The van der Waals surface area contributed by atoms with Gasteiger partial charge in [0.15, 0.2) is 11.5 Å². The summed E-state index contributed by atoms with van der Waals surface area (Å²) in [5.74, 6) is 0.874. The van der Waals surface area contributed by atoms with Gasteiger partial charge >= 0.3 is 0 Å². The molecule has 0 atom stereocenters. The minimum absolute atomic E-state index is 0.0993. The van der Waals surface area contributed by atoms with E-state index in [1.807, 2.05) is 43.3 Å². The zero-order chi connectivity index (χ0) is 21.4. The summed E-state index contributed by atoms with van der Waals surface area (Å²) in [6.45, 7) is 1.82. The molecule has 5 nitrogen and oxygen atoms in total. The average molecular weight is 437 g/mol. The minimum Gasteiger partial charge on any atom is -0.493 e. The number of ether oxygens (including phenoxy) is 2. The van der Waals surface area contributed by atoms with Crippen molar-refractivity contribution in [2.75, 3.05) is 41.4 Å². The van der Waals surface area contributed by atoms with Crippen LogP contribution in [0.3, 0.4) is 0 Å². The lowest BCUT2D eigenvalue weighted by Crippen LogP contribution is -2.35. The number of benzene rings is 2. The predicted octanol–water partition coefficient (Wildman–Crippen LogP) is 4.61. The summed E-state index contributed by atoms with van der Waals surface area (Å²) in [5, 5.41) is 1.07. The third-order valence-electron chi connectivity index (χ3n) is 4.27. The smallest absolute Gasteiger partial charge is 0.246 e. The van der Waals surface area contributed by atoms with E-state index < -0.39 is 0 Å². The van der Waals surface area contributed by atoms with Crippen molar-refractivity contribution in [1.82, 2.24) is 9.80 Å². The highest BCUT2D eigenvalue weighted by Gasteiger charge is 2.13. The second kappa shape index (κ2) is 11.1. The number of likely N-dealkylation sites (N-methyl/N-ethyl adjacent to an activating group) is 1. The van der Waals surface area contributed by atoms with E-state index in [4.69, 9.17) is 32.7 Å². The van der Waals surface area contributed by atoms with Crippen LogP contribution in [-0.4, -0.2) is 57.1 Å². The Hall–Kier alpha value is -2.21. The van der Waals surface area contributed by atoms with Gasteiger partial charge in [-0.15, -0.1) is 0 Å². The molecule has 0 aliphatic carbocycles. The number of hydrogen-bond donors (Lipinski definition) is 0. The summed E-state index contributed by atoms with van der Waals surface area (Å²) in [6, 6.07) is 11.0. The number of carbonyl (C=O) groups excluding carboxylic acids is 1. The van der Waals surface area contributed by atoms with Crippen LogP contribution >= 0.6 is 23.2 Å². The summed E-state index contributed by atoms with van der Waals surface area (Å²) in [5.41, 5.74) is 1.73. The highest BCUT2D eigenvalue weighted by Crippen LogP contribution is 2.36. The van der Waals surface area contributed by atoms with Crippen molar-refractivity contribution in [1.29, 1.82) is 0 Å². The monoisotopic (exact) mass is 436 g/mol. The molecule has 2 aromatic carbocycles. The quantitative estimate of drug-likeness (QED) is 0.538. The van der Waals surface area contributed by atoms with Crippen molar-refractivity contribution >= 4 is 35.2 Å². The molecule has 0 fully saturated rings. The van der Waals surface area contributed by atoms with Crippen LogP contribution in [0.25, 0.3) is 6.08 Å². The van der Waals surface area contributed by atoms with Gasteiger partial charge in [0.25, 0.3) is 0 Å². The van der Waals surface area contributed by atoms with Crippen LogP contribution in [0.2, 0.25) is 10.0 Å². The Balaban J connectivity index is 2.20. The maximum Gasteiger partial charge on any atom is 0.246 e. The Morgan fingerprint density at radius 2 is 1.83 bits per heavy atom. The van der Waals surface area contributed by atoms with E-state index in [-0.39, 0.29) is 5.91 Å². The van der Waals surface area contributed by atoms with E-state index in [1.54, 1.807) is 30.2 Å². The van der Waals surface area contributed by atoms with Crippen LogP contribution < -0.4 is 9.47 Å². The van der Waals surface area contributed by atoms with Crippen LogP contribution in [0.15, 0.2) is 42.5 Å². The maximum atomic E-state index is 12.9. The molecule has 0 heterocycles.